The second-order valence-electron chi connectivity index (χ2n) is 4.89. The Morgan fingerprint density at radius 1 is 1.10 bits per heavy atom. The summed E-state index contributed by atoms with van der Waals surface area (Å²) < 4.78 is 5.18. The van der Waals surface area contributed by atoms with E-state index >= 15 is 0 Å². The highest BCUT2D eigenvalue weighted by molar-refractivity contribution is 5.95. The third-order valence-electron chi connectivity index (χ3n) is 3.08. The van der Waals surface area contributed by atoms with Gasteiger partial charge in [-0.3, -0.25) is 10.1 Å². The maximum atomic E-state index is 12.0. The zero-order valence-corrected chi connectivity index (χ0v) is 11.8. The third kappa shape index (κ3) is 3.45. The maximum absolute atomic E-state index is 12.0. The molecule has 5 nitrogen and oxygen atoms in total. The Hall–Kier alpha value is -2.69. The fraction of sp³-hybridized carbons (Fsp3) is 0.188. The van der Waals surface area contributed by atoms with Crippen LogP contribution in [0.25, 0.3) is 0 Å². The van der Waals surface area contributed by atoms with E-state index in [0.29, 0.717) is 11.7 Å². The molecule has 0 saturated carbocycles. The number of hydrogen-bond donors (Lipinski definition) is 0. The molecule has 0 heterocycles. The summed E-state index contributed by atoms with van der Waals surface area (Å²) in [5, 5.41) is 10.9. The third-order valence-corrected chi connectivity index (χ3v) is 3.08. The molecule has 0 fully saturated rings. The normalized spacial score (nSPS) is 10.4. The molecule has 0 bridgehead atoms. The molecule has 0 radical (unpaired) electrons. The molecule has 0 N–H and O–H groups in total. The van der Waals surface area contributed by atoms with Gasteiger partial charge in [0, 0.05) is 6.07 Å². The molecule has 0 aliphatic carbocycles. The lowest BCUT2D eigenvalue weighted by Crippen LogP contribution is -2.11. The van der Waals surface area contributed by atoms with Gasteiger partial charge in [0.25, 0.3) is 5.69 Å². The summed E-state index contributed by atoms with van der Waals surface area (Å²) >= 11 is 0. The van der Waals surface area contributed by atoms with Crippen LogP contribution in [0.15, 0.2) is 48.5 Å². The quantitative estimate of drug-likeness (QED) is 0.369. The highest BCUT2D eigenvalue weighted by Crippen LogP contribution is 2.22. The van der Waals surface area contributed by atoms with E-state index < -0.39 is 10.9 Å². The van der Waals surface area contributed by atoms with Crippen molar-refractivity contribution < 1.29 is 14.5 Å². The van der Waals surface area contributed by atoms with Crippen LogP contribution in [0.2, 0.25) is 0 Å². The zero-order chi connectivity index (χ0) is 15.4. The number of nitro benzene ring substituents is 1. The molecular weight excluding hydrogens is 270 g/mol. The van der Waals surface area contributed by atoms with Crippen molar-refractivity contribution in [3.05, 3.63) is 69.8 Å². The summed E-state index contributed by atoms with van der Waals surface area (Å²) in [6.45, 7) is 4.13. The zero-order valence-electron chi connectivity index (χ0n) is 11.8. The highest BCUT2D eigenvalue weighted by atomic mass is 16.6. The van der Waals surface area contributed by atoms with Gasteiger partial charge in [-0.05, 0) is 29.7 Å². The van der Waals surface area contributed by atoms with Crippen molar-refractivity contribution in [1.82, 2.24) is 0 Å². The summed E-state index contributed by atoms with van der Waals surface area (Å²) in [5.41, 5.74) is 0.803. The van der Waals surface area contributed by atoms with E-state index in [9.17, 15) is 14.9 Å². The molecule has 2 rings (SSSR count). The van der Waals surface area contributed by atoms with Crippen LogP contribution in [-0.4, -0.2) is 10.9 Å². The van der Waals surface area contributed by atoms with Gasteiger partial charge in [0.1, 0.15) is 11.3 Å². The van der Waals surface area contributed by atoms with Crippen LogP contribution in [-0.2, 0) is 0 Å². The Labute approximate surface area is 122 Å². The van der Waals surface area contributed by atoms with Crippen molar-refractivity contribution in [2.45, 2.75) is 19.8 Å². The lowest BCUT2D eigenvalue weighted by atomic mass is 10.0. The number of ether oxygens (including phenoxy) is 1. The summed E-state index contributed by atoms with van der Waals surface area (Å²) in [7, 11) is 0. The SMILES string of the molecule is CC(C)c1ccc(OC(=O)c2ccccc2[N+](=O)[O-])cc1. The first-order chi connectivity index (χ1) is 9.99. The van der Waals surface area contributed by atoms with Gasteiger partial charge >= 0.3 is 5.97 Å². The summed E-state index contributed by atoms with van der Waals surface area (Å²) in [6, 6.07) is 12.8. The van der Waals surface area contributed by atoms with Crippen molar-refractivity contribution >= 4 is 11.7 Å². The van der Waals surface area contributed by atoms with Crippen LogP contribution in [0.4, 0.5) is 5.69 Å². The van der Waals surface area contributed by atoms with Crippen LogP contribution in [0.5, 0.6) is 5.75 Å². The number of para-hydroxylation sites is 1. The Bertz CT molecular complexity index is 662. The molecule has 2 aromatic rings. The molecule has 0 spiro atoms. The van der Waals surface area contributed by atoms with Crippen LogP contribution >= 0.6 is 0 Å². The first kappa shape index (κ1) is 14.7. The number of carbonyl (C=O) groups excluding carboxylic acids is 1. The second-order valence-corrected chi connectivity index (χ2v) is 4.89. The topological polar surface area (TPSA) is 69.4 Å². The largest absolute Gasteiger partial charge is 0.423 e. The number of benzene rings is 2. The average molecular weight is 285 g/mol. The Morgan fingerprint density at radius 2 is 1.71 bits per heavy atom. The van der Waals surface area contributed by atoms with E-state index in [-0.39, 0.29) is 11.3 Å². The molecule has 21 heavy (non-hydrogen) atoms. The maximum Gasteiger partial charge on any atom is 0.350 e. The lowest BCUT2D eigenvalue weighted by molar-refractivity contribution is -0.385. The smallest absolute Gasteiger partial charge is 0.350 e. The Balaban J connectivity index is 2.20. The van der Waals surface area contributed by atoms with Gasteiger partial charge in [-0.15, -0.1) is 0 Å². The van der Waals surface area contributed by atoms with Gasteiger partial charge in [0.2, 0.25) is 0 Å². The van der Waals surface area contributed by atoms with E-state index in [1.165, 1.54) is 18.2 Å². The minimum atomic E-state index is -0.736. The fourth-order valence-electron chi connectivity index (χ4n) is 1.89. The van der Waals surface area contributed by atoms with Gasteiger partial charge in [0.05, 0.1) is 4.92 Å². The number of nitro groups is 1. The average Bonchev–Trinajstić information content (AvgIpc) is 2.47. The first-order valence-electron chi connectivity index (χ1n) is 6.54. The molecule has 0 atom stereocenters. The van der Waals surface area contributed by atoms with E-state index in [1.807, 2.05) is 12.1 Å². The van der Waals surface area contributed by atoms with Crippen molar-refractivity contribution in [2.24, 2.45) is 0 Å². The number of esters is 1. The minimum absolute atomic E-state index is 0.0598. The van der Waals surface area contributed by atoms with Gasteiger partial charge in [-0.2, -0.15) is 0 Å². The predicted octanol–water partition coefficient (Wildman–Crippen LogP) is 3.94. The van der Waals surface area contributed by atoms with Crippen LogP contribution in [0.1, 0.15) is 35.7 Å². The molecule has 0 unspecified atom stereocenters. The van der Waals surface area contributed by atoms with E-state index in [4.69, 9.17) is 4.74 Å². The predicted molar refractivity (Wildman–Crippen MR) is 78.6 cm³/mol. The van der Waals surface area contributed by atoms with Crippen molar-refractivity contribution in [3.63, 3.8) is 0 Å². The van der Waals surface area contributed by atoms with Crippen LogP contribution in [0.3, 0.4) is 0 Å². The minimum Gasteiger partial charge on any atom is -0.423 e. The number of nitrogens with zero attached hydrogens (tertiary/aromatic N) is 1. The molecule has 2 aromatic carbocycles. The van der Waals surface area contributed by atoms with Crippen molar-refractivity contribution in [1.29, 1.82) is 0 Å². The van der Waals surface area contributed by atoms with E-state index in [0.717, 1.165) is 5.56 Å². The molecule has 0 saturated heterocycles. The van der Waals surface area contributed by atoms with Gasteiger partial charge in [-0.25, -0.2) is 4.79 Å². The van der Waals surface area contributed by atoms with Gasteiger partial charge in [0.15, 0.2) is 0 Å². The Morgan fingerprint density at radius 3 is 2.29 bits per heavy atom. The van der Waals surface area contributed by atoms with E-state index in [2.05, 4.69) is 13.8 Å². The number of hydrogen-bond acceptors (Lipinski definition) is 4. The van der Waals surface area contributed by atoms with Gasteiger partial charge in [-0.1, -0.05) is 38.1 Å². The highest BCUT2D eigenvalue weighted by Gasteiger charge is 2.20. The molecular formula is C16H15NO4. The first-order valence-corrected chi connectivity index (χ1v) is 6.54. The molecule has 108 valence electrons. The van der Waals surface area contributed by atoms with Gasteiger partial charge < -0.3 is 4.74 Å². The summed E-state index contributed by atoms with van der Waals surface area (Å²) in [4.78, 5) is 22.3. The Kier molecular flexibility index (Phi) is 4.33. The number of carbonyl (C=O) groups is 1. The lowest BCUT2D eigenvalue weighted by Gasteiger charge is -2.08. The number of rotatable bonds is 4. The molecule has 0 aliphatic heterocycles. The van der Waals surface area contributed by atoms with Crippen molar-refractivity contribution in [2.75, 3.05) is 0 Å². The molecule has 5 heteroatoms. The summed E-state index contributed by atoms with van der Waals surface area (Å²) in [5.74, 6) is 0.00658. The van der Waals surface area contributed by atoms with E-state index in [1.54, 1.807) is 18.2 Å². The van der Waals surface area contributed by atoms with Crippen molar-refractivity contribution in [3.8, 4) is 5.75 Å². The van der Waals surface area contributed by atoms with Crippen LogP contribution < -0.4 is 4.74 Å². The monoisotopic (exact) mass is 285 g/mol. The second kappa shape index (κ2) is 6.17. The summed E-state index contributed by atoms with van der Waals surface area (Å²) in [6.07, 6.45) is 0. The molecule has 0 aliphatic rings. The molecule has 0 aromatic heterocycles. The molecule has 0 amide bonds. The fourth-order valence-corrected chi connectivity index (χ4v) is 1.89. The standard InChI is InChI=1S/C16H15NO4/c1-11(2)12-7-9-13(10-8-12)21-16(18)14-5-3-4-6-15(14)17(19)20/h3-11H,1-2H3. The van der Waals surface area contributed by atoms with Crippen LogP contribution in [0, 0.1) is 10.1 Å².